The summed E-state index contributed by atoms with van der Waals surface area (Å²) >= 11 is 0. The topological polar surface area (TPSA) is 124 Å². The Bertz CT molecular complexity index is 1510. The highest BCUT2D eigenvalue weighted by Gasteiger charge is 2.15. The first-order chi connectivity index (χ1) is 18.0. The summed E-state index contributed by atoms with van der Waals surface area (Å²) in [6, 6.07) is 21.4. The van der Waals surface area contributed by atoms with Gasteiger partial charge >= 0.3 is 5.97 Å². The first-order valence-corrected chi connectivity index (χ1v) is 11.6. The summed E-state index contributed by atoms with van der Waals surface area (Å²) in [5.74, 6) is -0.771. The molecule has 1 amide bonds. The van der Waals surface area contributed by atoms with Crippen molar-refractivity contribution in [1.29, 1.82) is 5.26 Å². The Balaban J connectivity index is 1.48. The van der Waals surface area contributed by atoms with Gasteiger partial charge in [0.25, 0.3) is 5.91 Å². The number of hydrogen-bond acceptors (Lipinski definition) is 5. The number of aromatic nitrogens is 1. The molecule has 8 nitrogen and oxygen atoms in total. The van der Waals surface area contributed by atoms with Crippen LogP contribution in [0.5, 0.6) is 11.5 Å². The molecule has 0 aliphatic carbocycles. The molecule has 3 N–H and O–H groups in total. The van der Waals surface area contributed by atoms with Gasteiger partial charge in [-0.1, -0.05) is 42.5 Å². The largest absolute Gasteiger partial charge is 0.493 e. The molecule has 186 valence electrons. The zero-order chi connectivity index (χ0) is 26.2. The van der Waals surface area contributed by atoms with Crippen LogP contribution in [0, 0.1) is 11.3 Å². The zero-order valence-corrected chi connectivity index (χ0v) is 20.2. The van der Waals surface area contributed by atoms with Gasteiger partial charge in [-0.05, 0) is 47.9 Å². The highest BCUT2D eigenvalue weighted by molar-refractivity contribution is 6.02. The van der Waals surface area contributed by atoms with Gasteiger partial charge < -0.3 is 24.9 Å². The van der Waals surface area contributed by atoms with Crippen LogP contribution in [0.25, 0.3) is 17.0 Å². The average Bonchev–Trinajstić information content (AvgIpc) is 3.33. The number of carbonyl (C=O) groups excluding carboxylic acids is 1. The molecular weight excluding hydrogens is 470 g/mol. The number of methoxy groups -OCH3 is 1. The SMILES string of the molecule is COc1cccc(/C=C(\C#N)C(=O)NCCc2c[nH]c3ccccc23)c1OCc1cccc(C(=O)O)c1. The second kappa shape index (κ2) is 11.6. The number of carboxylic acids is 1. The molecule has 0 saturated heterocycles. The Kier molecular flexibility index (Phi) is 7.86. The molecule has 0 saturated carbocycles. The number of amides is 1. The monoisotopic (exact) mass is 495 g/mol. The van der Waals surface area contributed by atoms with E-state index in [0.29, 0.717) is 35.6 Å². The Morgan fingerprint density at radius 2 is 1.92 bits per heavy atom. The van der Waals surface area contributed by atoms with E-state index in [1.54, 1.807) is 30.3 Å². The number of carbonyl (C=O) groups is 2. The van der Waals surface area contributed by atoms with Crippen molar-refractivity contribution in [3.63, 3.8) is 0 Å². The summed E-state index contributed by atoms with van der Waals surface area (Å²) in [6.07, 6.45) is 3.98. The number of benzene rings is 3. The summed E-state index contributed by atoms with van der Waals surface area (Å²) in [5, 5.41) is 22.8. The number of carboxylic acid groups (broad SMARTS) is 1. The number of H-pyrrole nitrogens is 1. The summed E-state index contributed by atoms with van der Waals surface area (Å²) in [6.45, 7) is 0.433. The molecule has 0 bridgehead atoms. The molecule has 0 aliphatic rings. The number of ether oxygens (including phenoxy) is 2. The lowest BCUT2D eigenvalue weighted by Gasteiger charge is -2.14. The normalized spacial score (nSPS) is 11.1. The number of nitrogens with zero attached hydrogens (tertiary/aromatic N) is 1. The molecule has 8 heteroatoms. The second-order valence-electron chi connectivity index (χ2n) is 8.21. The van der Waals surface area contributed by atoms with E-state index in [-0.39, 0.29) is 17.7 Å². The third kappa shape index (κ3) is 5.97. The highest BCUT2D eigenvalue weighted by atomic mass is 16.5. The van der Waals surface area contributed by atoms with Gasteiger partial charge in [-0.15, -0.1) is 0 Å². The fraction of sp³-hybridized carbons (Fsp3) is 0.138. The van der Waals surface area contributed by atoms with Gasteiger partial charge in [0.2, 0.25) is 0 Å². The number of nitrogens with one attached hydrogen (secondary N) is 2. The van der Waals surface area contributed by atoms with E-state index in [4.69, 9.17) is 9.47 Å². The Morgan fingerprint density at radius 1 is 1.11 bits per heavy atom. The molecule has 1 aromatic heterocycles. The van der Waals surface area contributed by atoms with Crippen molar-refractivity contribution in [3.8, 4) is 17.6 Å². The molecule has 0 fully saturated rings. The quantitative estimate of drug-likeness (QED) is 0.216. The second-order valence-corrected chi connectivity index (χ2v) is 8.21. The fourth-order valence-corrected chi connectivity index (χ4v) is 3.96. The van der Waals surface area contributed by atoms with E-state index in [2.05, 4.69) is 10.3 Å². The molecule has 0 atom stereocenters. The lowest BCUT2D eigenvalue weighted by molar-refractivity contribution is -0.117. The van der Waals surface area contributed by atoms with Crippen molar-refractivity contribution >= 4 is 28.9 Å². The van der Waals surface area contributed by atoms with Crippen molar-refractivity contribution in [3.05, 3.63) is 101 Å². The molecule has 4 aromatic rings. The number of para-hydroxylation sites is 2. The maximum Gasteiger partial charge on any atom is 0.335 e. The van der Waals surface area contributed by atoms with Crippen molar-refractivity contribution in [1.82, 2.24) is 10.3 Å². The van der Waals surface area contributed by atoms with E-state index in [1.807, 2.05) is 36.5 Å². The van der Waals surface area contributed by atoms with E-state index in [1.165, 1.54) is 25.3 Å². The molecular formula is C29H25N3O5. The van der Waals surface area contributed by atoms with Crippen LogP contribution in [0.15, 0.2) is 78.5 Å². The molecule has 0 aliphatic heterocycles. The standard InChI is InChI=1S/C29H25N3O5/c1-36-26-11-5-7-20(27(26)37-18-19-6-4-8-21(14-19)29(34)35)15-23(16-30)28(33)31-13-12-22-17-32-25-10-3-2-9-24(22)25/h2-11,14-15,17,32H,12-13,18H2,1H3,(H,31,33)(H,34,35)/b23-15+. The number of nitriles is 1. The highest BCUT2D eigenvalue weighted by Crippen LogP contribution is 2.33. The van der Waals surface area contributed by atoms with E-state index in [9.17, 15) is 20.0 Å². The van der Waals surface area contributed by atoms with Gasteiger partial charge in [-0.3, -0.25) is 4.79 Å². The van der Waals surface area contributed by atoms with Gasteiger partial charge in [0.15, 0.2) is 11.5 Å². The minimum atomic E-state index is -1.03. The van der Waals surface area contributed by atoms with Crippen LogP contribution in [0.3, 0.4) is 0 Å². The molecule has 4 rings (SSSR count). The predicted molar refractivity (Wildman–Crippen MR) is 139 cm³/mol. The number of hydrogen-bond donors (Lipinski definition) is 3. The summed E-state index contributed by atoms with van der Waals surface area (Å²) in [7, 11) is 1.49. The van der Waals surface area contributed by atoms with Crippen LogP contribution >= 0.6 is 0 Å². The minimum absolute atomic E-state index is 0.0705. The van der Waals surface area contributed by atoms with E-state index >= 15 is 0 Å². The summed E-state index contributed by atoms with van der Waals surface area (Å²) < 4.78 is 11.4. The third-order valence-electron chi connectivity index (χ3n) is 5.81. The fourth-order valence-electron chi connectivity index (χ4n) is 3.96. The lowest BCUT2D eigenvalue weighted by atomic mass is 10.1. The number of aromatic carboxylic acids is 1. The van der Waals surface area contributed by atoms with E-state index < -0.39 is 11.9 Å². The van der Waals surface area contributed by atoms with Crippen LogP contribution in [-0.2, 0) is 17.8 Å². The Morgan fingerprint density at radius 3 is 2.70 bits per heavy atom. The third-order valence-corrected chi connectivity index (χ3v) is 5.81. The Hall–Kier alpha value is -5.03. The molecule has 37 heavy (non-hydrogen) atoms. The maximum atomic E-state index is 12.8. The molecule has 0 radical (unpaired) electrons. The van der Waals surface area contributed by atoms with Crippen LogP contribution in [0.2, 0.25) is 0 Å². The zero-order valence-electron chi connectivity index (χ0n) is 20.2. The van der Waals surface area contributed by atoms with Crippen molar-refractivity contribution in [2.24, 2.45) is 0 Å². The minimum Gasteiger partial charge on any atom is -0.493 e. The number of aromatic amines is 1. The molecule has 3 aromatic carbocycles. The Labute approximate surface area is 213 Å². The summed E-state index contributed by atoms with van der Waals surface area (Å²) in [5.41, 5.74) is 3.31. The van der Waals surface area contributed by atoms with Gasteiger partial charge in [-0.25, -0.2) is 4.79 Å². The van der Waals surface area contributed by atoms with Crippen molar-refractivity contribution < 1.29 is 24.2 Å². The van der Waals surface area contributed by atoms with Gasteiger partial charge in [0.05, 0.1) is 12.7 Å². The van der Waals surface area contributed by atoms with Gasteiger partial charge in [0.1, 0.15) is 18.2 Å². The van der Waals surface area contributed by atoms with Crippen LogP contribution in [0.4, 0.5) is 0 Å². The van der Waals surface area contributed by atoms with Gasteiger partial charge in [0, 0.05) is 29.2 Å². The van der Waals surface area contributed by atoms with Crippen molar-refractivity contribution in [2.75, 3.05) is 13.7 Å². The lowest BCUT2D eigenvalue weighted by Crippen LogP contribution is -2.26. The molecule has 0 spiro atoms. The first kappa shape index (κ1) is 25.1. The first-order valence-electron chi connectivity index (χ1n) is 11.6. The summed E-state index contributed by atoms with van der Waals surface area (Å²) in [4.78, 5) is 27.3. The van der Waals surface area contributed by atoms with Crippen molar-refractivity contribution in [2.45, 2.75) is 13.0 Å². The van der Waals surface area contributed by atoms with Gasteiger partial charge in [-0.2, -0.15) is 5.26 Å². The van der Waals surface area contributed by atoms with Crippen LogP contribution in [0.1, 0.15) is 27.0 Å². The molecule has 0 unspecified atom stereocenters. The van der Waals surface area contributed by atoms with Crippen LogP contribution < -0.4 is 14.8 Å². The van der Waals surface area contributed by atoms with E-state index in [0.717, 1.165) is 16.5 Å². The van der Waals surface area contributed by atoms with Crippen LogP contribution in [-0.4, -0.2) is 35.6 Å². The smallest absolute Gasteiger partial charge is 0.335 e. The number of rotatable bonds is 10. The number of fused-ring (bicyclic) bond motifs is 1. The predicted octanol–water partition coefficient (Wildman–Crippen LogP) is 4.72. The molecule has 1 heterocycles. The maximum absolute atomic E-state index is 12.8. The average molecular weight is 496 g/mol.